The van der Waals surface area contributed by atoms with E-state index >= 15 is 0 Å². The average molecular weight is 445 g/mol. The van der Waals surface area contributed by atoms with Gasteiger partial charge in [0.25, 0.3) is 0 Å². The summed E-state index contributed by atoms with van der Waals surface area (Å²) in [5.41, 5.74) is 0.208. The molecule has 1 heterocycles. The van der Waals surface area contributed by atoms with Crippen molar-refractivity contribution in [3.8, 4) is 0 Å². The minimum absolute atomic E-state index is 0.00178. The second-order valence-corrected chi connectivity index (χ2v) is 9.43. The van der Waals surface area contributed by atoms with Crippen LogP contribution in [0.1, 0.15) is 29.1 Å². The van der Waals surface area contributed by atoms with E-state index in [1.54, 1.807) is 0 Å². The zero-order valence-electron chi connectivity index (χ0n) is 16.2. The first-order valence-corrected chi connectivity index (χ1v) is 11.7. The van der Waals surface area contributed by atoms with E-state index in [4.69, 9.17) is 11.6 Å². The van der Waals surface area contributed by atoms with Crippen molar-refractivity contribution in [2.45, 2.75) is 25.3 Å². The van der Waals surface area contributed by atoms with Crippen molar-refractivity contribution in [1.29, 1.82) is 0 Å². The second-order valence-electron chi connectivity index (χ2n) is 6.08. The molecule has 1 aromatic heterocycles. The number of thiophene rings is 1. The van der Waals surface area contributed by atoms with E-state index in [1.807, 2.05) is 31.4 Å². The molecular formula is C19H25ClN2O4S2. The number of carbonyl (C=O) groups excluding carboxylic acids is 1. The summed E-state index contributed by atoms with van der Waals surface area (Å²) in [6.07, 6.45) is 0. The molecular weight excluding hydrogens is 420 g/mol. The fraction of sp³-hybridized carbons (Fsp3) is 0.421. The Morgan fingerprint density at radius 3 is 2.43 bits per heavy atom. The fourth-order valence-corrected chi connectivity index (χ4v) is 5.48. The molecule has 0 spiro atoms. The maximum atomic E-state index is 13.3. The largest absolute Gasteiger partial charge is 0.465 e. The predicted octanol–water partition coefficient (Wildman–Crippen LogP) is 3.72. The van der Waals surface area contributed by atoms with Crippen molar-refractivity contribution in [1.82, 2.24) is 9.21 Å². The fourth-order valence-electron chi connectivity index (χ4n) is 2.75. The Balaban J connectivity index is 2.35. The lowest BCUT2D eigenvalue weighted by atomic mass is 10.2. The Kier molecular flexibility index (Phi) is 8.45. The van der Waals surface area contributed by atoms with Gasteiger partial charge in [0.05, 0.1) is 17.7 Å². The van der Waals surface area contributed by atoms with Crippen LogP contribution in [0.4, 0.5) is 0 Å². The Morgan fingerprint density at radius 2 is 1.89 bits per heavy atom. The lowest BCUT2D eigenvalue weighted by Gasteiger charge is -2.26. The number of hydrogen-bond donors (Lipinski definition) is 0. The summed E-state index contributed by atoms with van der Waals surface area (Å²) < 4.78 is 32.8. The third kappa shape index (κ3) is 5.55. The first-order chi connectivity index (χ1) is 13.3. The van der Waals surface area contributed by atoms with E-state index in [-0.39, 0.29) is 22.0 Å². The third-order valence-electron chi connectivity index (χ3n) is 4.44. The monoisotopic (exact) mass is 444 g/mol. The lowest BCUT2D eigenvalue weighted by Crippen LogP contribution is -2.38. The topological polar surface area (TPSA) is 66.9 Å². The van der Waals surface area contributed by atoms with Gasteiger partial charge in [0, 0.05) is 24.5 Å². The number of benzene rings is 1. The first-order valence-electron chi connectivity index (χ1n) is 8.96. The summed E-state index contributed by atoms with van der Waals surface area (Å²) in [6.45, 7) is 7.02. The van der Waals surface area contributed by atoms with Gasteiger partial charge in [0.15, 0.2) is 0 Å². The van der Waals surface area contributed by atoms with Gasteiger partial charge in [-0.1, -0.05) is 31.5 Å². The average Bonchev–Trinajstić information content (AvgIpc) is 3.20. The van der Waals surface area contributed by atoms with Crippen LogP contribution in [-0.4, -0.2) is 56.9 Å². The summed E-state index contributed by atoms with van der Waals surface area (Å²) in [7, 11) is -2.58. The molecule has 0 radical (unpaired) electrons. The molecule has 0 fully saturated rings. The Hall–Kier alpha value is -1.45. The minimum Gasteiger partial charge on any atom is -0.465 e. The minimum atomic E-state index is -3.84. The van der Waals surface area contributed by atoms with Gasteiger partial charge in [-0.2, -0.15) is 4.31 Å². The SMILES string of the molecule is CCN(CC)CCN(Cc1cccs1)S(=O)(=O)c1ccc(C(=O)OC)cc1Cl. The molecule has 0 aliphatic carbocycles. The summed E-state index contributed by atoms with van der Waals surface area (Å²) >= 11 is 7.74. The van der Waals surface area contributed by atoms with Crippen molar-refractivity contribution < 1.29 is 17.9 Å². The molecule has 9 heteroatoms. The normalized spacial score (nSPS) is 11.9. The number of carbonyl (C=O) groups is 1. The summed E-state index contributed by atoms with van der Waals surface area (Å²) in [4.78, 5) is 14.8. The number of nitrogens with zero attached hydrogens (tertiary/aromatic N) is 2. The molecule has 2 aromatic rings. The molecule has 1 aromatic carbocycles. The maximum Gasteiger partial charge on any atom is 0.337 e. The van der Waals surface area contributed by atoms with E-state index in [0.29, 0.717) is 13.1 Å². The van der Waals surface area contributed by atoms with E-state index in [2.05, 4.69) is 9.64 Å². The van der Waals surface area contributed by atoms with Crippen LogP contribution >= 0.6 is 22.9 Å². The first kappa shape index (κ1) is 22.8. The van der Waals surface area contributed by atoms with Gasteiger partial charge < -0.3 is 9.64 Å². The Labute approximate surface area is 175 Å². The molecule has 0 aliphatic heterocycles. The molecule has 0 amide bonds. The number of halogens is 1. The molecule has 154 valence electrons. The molecule has 0 saturated heterocycles. The van der Waals surface area contributed by atoms with Gasteiger partial charge in [0.1, 0.15) is 4.90 Å². The Morgan fingerprint density at radius 1 is 1.18 bits per heavy atom. The molecule has 0 atom stereocenters. The van der Waals surface area contributed by atoms with E-state index in [0.717, 1.165) is 18.0 Å². The van der Waals surface area contributed by atoms with Crippen LogP contribution < -0.4 is 0 Å². The van der Waals surface area contributed by atoms with Gasteiger partial charge in [0.2, 0.25) is 10.0 Å². The molecule has 28 heavy (non-hydrogen) atoms. The van der Waals surface area contributed by atoms with Crippen LogP contribution in [0.3, 0.4) is 0 Å². The predicted molar refractivity (Wildman–Crippen MR) is 112 cm³/mol. The molecule has 0 bridgehead atoms. The van der Waals surface area contributed by atoms with Gasteiger partial charge >= 0.3 is 5.97 Å². The van der Waals surface area contributed by atoms with Crippen LogP contribution in [0, 0.1) is 0 Å². The number of likely N-dealkylation sites (N-methyl/N-ethyl adjacent to an activating group) is 1. The molecule has 0 aliphatic rings. The zero-order valence-corrected chi connectivity index (χ0v) is 18.6. The highest BCUT2D eigenvalue weighted by molar-refractivity contribution is 7.89. The highest BCUT2D eigenvalue weighted by Crippen LogP contribution is 2.28. The standard InChI is InChI=1S/C19H25ClN2O4S2/c1-4-21(5-2)10-11-22(14-16-7-6-12-27-16)28(24,25)18-9-8-15(13-17(18)20)19(23)26-3/h6-9,12-13H,4-5,10-11,14H2,1-3H3. The molecule has 6 nitrogen and oxygen atoms in total. The molecule has 0 N–H and O–H groups in total. The van der Waals surface area contributed by atoms with Crippen LogP contribution in [0.5, 0.6) is 0 Å². The van der Waals surface area contributed by atoms with Crippen LogP contribution in [-0.2, 0) is 21.3 Å². The van der Waals surface area contributed by atoms with Crippen molar-refractivity contribution in [2.24, 2.45) is 0 Å². The maximum absolute atomic E-state index is 13.3. The summed E-state index contributed by atoms with van der Waals surface area (Å²) in [6, 6.07) is 7.91. The van der Waals surface area contributed by atoms with Crippen LogP contribution in [0.25, 0.3) is 0 Å². The zero-order chi connectivity index (χ0) is 20.7. The number of ether oxygens (including phenoxy) is 1. The van der Waals surface area contributed by atoms with E-state index < -0.39 is 16.0 Å². The third-order valence-corrected chi connectivity index (χ3v) is 7.63. The van der Waals surface area contributed by atoms with Crippen molar-refractivity contribution in [2.75, 3.05) is 33.3 Å². The highest BCUT2D eigenvalue weighted by atomic mass is 35.5. The number of sulfonamides is 1. The van der Waals surface area contributed by atoms with Gasteiger partial charge in [-0.25, -0.2) is 13.2 Å². The van der Waals surface area contributed by atoms with Gasteiger partial charge in [-0.15, -0.1) is 11.3 Å². The smallest absolute Gasteiger partial charge is 0.337 e. The van der Waals surface area contributed by atoms with Crippen molar-refractivity contribution in [3.05, 3.63) is 51.2 Å². The second kappa shape index (κ2) is 10.4. The van der Waals surface area contributed by atoms with Gasteiger partial charge in [-0.05, 0) is 42.7 Å². The summed E-state index contributed by atoms with van der Waals surface area (Å²) in [5, 5.41) is 1.92. The Bertz CT molecular complexity index is 881. The summed E-state index contributed by atoms with van der Waals surface area (Å²) in [5.74, 6) is -0.567. The van der Waals surface area contributed by atoms with E-state index in [9.17, 15) is 13.2 Å². The van der Waals surface area contributed by atoms with Gasteiger partial charge in [-0.3, -0.25) is 0 Å². The number of hydrogen-bond acceptors (Lipinski definition) is 6. The molecule has 0 saturated carbocycles. The van der Waals surface area contributed by atoms with Crippen molar-refractivity contribution >= 4 is 38.9 Å². The van der Waals surface area contributed by atoms with Crippen LogP contribution in [0.2, 0.25) is 5.02 Å². The molecule has 2 rings (SSSR count). The van der Waals surface area contributed by atoms with Crippen LogP contribution in [0.15, 0.2) is 40.6 Å². The number of rotatable bonds is 10. The number of esters is 1. The highest BCUT2D eigenvalue weighted by Gasteiger charge is 2.28. The van der Waals surface area contributed by atoms with Crippen molar-refractivity contribution in [3.63, 3.8) is 0 Å². The number of methoxy groups -OCH3 is 1. The molecule has 0 unspecified atom stereocenters. The lowest BCUT2D eigenvalue weighted by molar-refractivity contribution is 0.0600. The van der Waals surface area contributed by atoms with E-state index in [1.165, 1.54) is 41.0 Å². The quantitative estimate of drug-likeness (QED) is 0.522.